The monoisotopic (exact) mass is 405 g/mol. The summed E-state index contributed by atoms with van der Waals surface area (Å²) in [5.41, 5.74) is 6.58. The van der Waals surface area contributed by atoms with Gasteiger partial charge in [0, 0.05) is 45.0 Å². The summed E-state index contributed by atoms with van der Waals surface area (Å²) in [6, 6.07) is 0. The summed E-state index contributed by atoms with van der Waals surface area (Å²) >= 11 is 0. The summed E-state index contributed by atoms with van der Waals surface area (Å²) in [6.45, 7) is 8.74. The van der Waals surface area contributed by atoms with Crippen LogP contribution in [0.3, 0.4) is 0 Å². The Labute approximate surface area is 173 Å². The number of rotatable bonds is 7. The van der Waals surface area contributed by atoms with E-state index in [9.17, 15) is 4.79 Å². The van der Waals surface area contributed by atoms with E-state index in [1.807, 2.05) is 19.4 Å². The van der Waals surface area contributed by atoms with E-state index < -0.39 is 0 Å². The first-order valence-corrected chi connectivity index (χ1v) is 10.7. The molecule has 0 aliphatic carbocycles. The summed E-state index contributed by atoms with van der Waals surface area (Å²) in [5, 5.41) is 7.67. The maximum atomic E-state index is 11.4. The molecule has 2 aliphatic heterocycles. The highest BCUT2D eigenvalue weighted by Crippen LogP contribution is 2.21. The zero-order valence-electron chi connectivity index (χ0n) is 17.7. The molecule has 1 aromatic rings. The minimum absolute atomic E-state index is 0.00216. The Hall–Kier alpha value is -2.13. The molecule has 2 atom stereocenters. The number of nitrogens with zero attached hydrogens (tertiary/aromatic N) is 5. The molecule has 0 bridgehead atoms. The number of guanidine groups is 1. The van der Waals surface area contributed by atoms with E-state index >= 15 is 0 Å². The van der Waals surface area contributed by atoms with Crippen molar-refractivity contribution < 1.29 is 9.53 Å². The van der Waals surface area contributed by atoms with Crippen LogP contribution in [-0.2, 0) is 16.6 Å². The number of likely N-dealkylation sites (tertiary alicyclic amines) is 1. The van der Waals surface area contributed by atoms with Crippen molar-refractivity contribution in [3.63, 3.8) is 0 Å². The van der Waals surface area contributed by atoms with Gasteiger partial charge in [-0.3, -0.25) is 14.5 Å². The van der Waals surface area contributed by atoms with Crippen LogP contribution in [0.5, 0.6) is 0 Å². The van der Waals surface area contributed by atoms with Gasteiger partial charge in [-0.1, -0.05) is 0 Å². The number of carbonyl (C=O) groups excluding carboxylic acids is 1. The van der Waals surface area contributed by atoms with Crippen LogP contribution in [0, 0.1) is 5.92 Å². The summed E-state index contributed by atoms with van der Waals surface area (Å²) in [5.74, 6) is 0.776. The molecular formula is C20H35N7O2. The molecule has 1 amide bonds. The highest BCUT2D eigenvalue weighted by atomic mass is 16.5. The Bertz CT molecular complexity index is 690. The fourth-order valence-electron chi connectivity index (χ4n) is 4.05. The van der Waals surface area contributed by atoms with Gasteiger partial charge in [0.2, 0.25) is 5.91 Å². The first-order chi connectivity index (χ1) is 14.1. The van der Waals surface area contributed by atoms with Crippen LogP contribution in [0.2, 0.25) is 0 Å². The minimum Gasteiger partial charge on any atom is -0.370 e. The number of hydrogen-bond donors (Lipinski definition) is 2. The van der Waals surface area contributed by atoms with Crippen LogP contribution in [0.25, 0.3) is 0 Å². The van der Waals surface area contributed by atoms with Crippen molar-refractivity contribution in [3.05, 3.63) is 18.0 Å². The summed E-state index contributed by atoms with van der Waals surface area (Å²) < 4.78 is 7.75. The zero-order chi connectivity index (χ0) is 20.6. The number of nitrogens with one attached hydrogen (secondary N) is 1. The van der Waals surface area contributed by atoms with E-state index in [4.69, 9.17) is 15.5 Å². The lowest BCUT2D eigenvalue weighted by Gasteiger charge is -2.35. The highest BCUT2D eigenvalue weighted by Gasteiger charge is 2.25. The third-order valence-electron chi connectivity index (χ3n) is 5.60. The molecule has 0 spiro atoms. The topological polar surface area (TPSA) is 101 Å². The van der Waals surface area contributed by atoms with Crippen LogP contribution in [0.4, 0.5) is 0 Å². The molecule has 0 radical (unpaired) electrons. The molecule has 29 heavy (non-hydrogen) atoms. The third kappa shape index (κ3) is 6.17. The van der Waals surface area contributed by atoms with E-state index in [1.54, 1.807) is 4.68 Å². The summed E-state index contributed by atoms with van der Waals surface area (Å²) in [4.78, 5) is 20.9. The SMILES string of the molecule is CCNC(=NCCCN1CCCC(C(N)=O)C1)N1CCOC(c2cnn(C)c2)C1. The third-order valence-corrected chi connectivity index (χ3v) is 5.60. The van der Waals surface area contributed by atoms with Crippen molar-refractivity contribution in [2.45, 2.75) is 32.3 Å². The van der Waals surface area contributed by atoms with Gasteiger partial charge in [-0.05, 0) is 39.3 Å². The quantitative estimate of drug-likeness (QED) is 0.386. The molecule has 2 unspecified atom stereocenters. The Balaban J connectivity index is 1.50. The number of amides is 1. The fourth-order valence-corrected chi connectivity index (χ4v) is 4.05. The van der Waals surface area contributed by atoms with Gasteiger partial charge in [0.05, 0.1) is 25.3 Å². The standard InChI is InChI=1S/C20H35N7O2/c1-3-22-20(23-7-5-9-26-8-4-6-16(14-26)19(21)28)27-10-11-29-18(15-27)17-12-24-25(2)13-17/h12-13,16,18H,3-11,14-15H2,1-2H3,(H2,21,28)(H,22,23). The Morgan fingerprint density at radius 3 is 3.00 bits per heavy atom. The molecule has 3 heterocycles. The molecule has 3 rings (SSSR count). The van der Waals surface area contributed by atoms with E-state index in [2.05, 4.69) is 27.1 Å². The average Bonchev–Trinajstić information content (AvgIpc) is 3.17. The van der Waals surface area contributed by atoms with Crippen LogP contribution >= 0.6 is 0 Å². The largest absolute Gasteiger partial charge is 0.370 e. The number of ether oxygens (including phenoxy) is 1. The lowest BCUT2D eigenvalue weighted by Crippen LogP contribution is -2.48. The molecule has 3 N–H and O–H groups in total. The smallest absolute Gasteiger partial charge is 0.221 e. The van der Waals surface area contributed by atoms with E-state index in [0.717, 1.165) is 76.6 Å². The second-order valence-corrected chi connectivity index (χ2v) is 7.88. The number of morpholine rings is 1. The molecule has 162 valence electrons. The number of aryl methyl sites for hydroxylation is 1. The molecular weight excluding hydrogens is 370 g/mol. The molecule has 1 aromatic heterocycles. The fraction of sp³-hybridized carbons (Fsp3) is 0.750. The van der Waals surface area contributed by atoms with Crippen molar-refractivity contribution >= 4 is 11.9 Å². The Morgan fingerprint density at radius 2 is 2.28 bits per heavy atom. The molecule has 0 saturated carbocycles. The lowest BCUT2D eigenvalue weighted by molar-refractivity contribution is -0.123. The predicted octanol–water partition coefficient (Wildman–Crippen LogP) is 0.346. The molecule has 2 saturated heterocycles. The van der Waals surface area contributed by atoms with Crippen LogP contribution in [0.1, 0.15) is 37.9 Å². The first-order valence-electron chi connectivity index (χ1n) is 10.7. The summed E-state index contributed by atoms with van der Waals surface area (Å²) in [6.07, 6.45) is 6.83. The van der Waals surface area contributed by atoms with E-state index in [0.29, 0.717) is 6.61 Å². The van der Waals surface area contributed by atoms with Crippen molar-refractivity contribution in [3.8, 4) is 0 Å². The van der Waals surface area contributed by atoms with Crippen molar-refractivity contribution in [1.82, 2.24) is 24.9 Å². The lowest BCUT2D eigenvalue weighted by atomic mass is 9.97. The van der Waals surface area contributed by atoms with Gasteiger partial charge in [-0.15, -0.1) is 0 Å². The molecule has 0 aromatic carbocycles. The maximum absolute atomic E-state index is 11.4. The van der Waals surface area contributed by atoms with Crippen LogP contribution in [-0.4, -0.2) is 83.9 Å². The van der Waals surface area contributed by atoms with Crippen LogP contribution in [0.15, 0.2) is 17.4 Å². The average molecular weight is 406 g/mol. The van der Waals surface area contributed by atoms with Crippen molar-refractivity contribution in [2.24, 2.45) is 23.7 Å². The normalized spacial score (nSPS) is 23.9. The predicted molar refractivity (Wildman–Crippen MR) is 112 cm³/mol. The number of nitrogens with two attached hydrogens (primary N) is 1. The van der Waals surface area contributed by atoms with E-state index in [-0.39, 0.29) is 17.9 Å². The van der Waals surface area contributed by atoms with Crippen LogP contribution < -0.4 is 11.1 Å². The van der Waals surface area contributed by atoms with Gasteiger partial charge >= 0.3 is 0 Å². The van der Waals surface area contributed by atoms with Gasteiger partial charge < -0.3 is 25.6 Å². The van der Waals surface area contributed by atoms with E-state index in [1.165, 1.54) is 0 Å². The number of primary amides is 1. The van der Waals surface area contributed by atoms with Gasteiger partial charge in [-0.2, -0.15) is 5.10 Å². The Kier molecular flexibility index (Phi) is 7.88. The molecule has 2 aliphatic rings. The second-order valence-electron chi connectivity index (χ2n) is 7.88. The van der Waals surface area contributed by atoms with Gasteiger partial charge in [0.25, 0.3) is 0 Å². The highest BCUT2D eigenvalue weighted by molar-refractivity contribution is 5.80. The number of hydrogen-bond acceptors (Lipinski definition) is 5. The van der Waals surface area contributed by atoms with Gasteiger partial charge in [0.1, 0.15) is 6.10 Å². The molecule has 2 fully saturated rings. The molecule has 9 heteroatoms. The number of aliphatic imine (C=N–C) groups is 1. The summed E-state index contributed by atoms with van der Waals surface area (Å²) in [7, 11) is 1.92. The zero-order valence-corrected chi connectivity index (χ0v) is 17.7. The second kappa shape index (κ2) is 10.6. The number of carbonyl (C=O) groups is 1. The maximum Gasteiger partial charge on any atom is 0.221 e. The first kappa shape index (κ1) is 21.6. The number of aromatic nitrogens is 2. The number of piperidine rings is 1. The minimum atomic E-state index is -0.169. The van der Waals surface area contributed by atoms with Gasteiger partial charge in [0.15, 0.2) is 5.96 Å². The Morgan fingerprint density at radius 1 is 1.41 bits per heavy atom. The van der Waals surface area contributed by atoms with Crippen molar-refractivity contribution in [2.75, 3.05) is 52.4 Å². The molecule has 9 nitrogen and oxygen atoms in total. The van der Waals surface area contributed by atoms with Crippen molar-refractivity contribution in [1.29, 1.82) is 0 Å². The van der Waals surface area contributed by atoms with Gasteiger partial charge in [-0.25, -0.2) is 0 Å².